The topological polar surface area (TPSA) is 384 Å². The molecule has 0 saturated carbocycles. The molecule has 34 nitrogen and oxygen atoms in total. The number of para-hydroxylation sites is 2. The molecule has 0 spiro atoms. The van der Waals surface area contributed by atoms with Crippen LogP contribution in [0.5, 0.6) is 11.5 Å². The summed E-state index contributed by atoms with van der Waals surface area (Å²) >= 11 is 2.87. The van der Waals surface area contributed by atoms with E-state index in [9.17, 15) is 102 Å². The molecule has 0 bridgehead atoms. The number of pyridine rings is 3. The lowest BCUT2D eigenvalue weighted by atomic mass is 10.0. The maximum Gasteiger partial charge on any atom is 0.472 e. The minimum Gasteiger partial charge on any atom is -0.444 e. The zero-order valence-electron chi connectivity index (χ0n) is 84.5. The molecular formula is C104H128BrF11N18O16. The first kappa shape index (κ1) is 118. The number of hydrogen-bond donors (Lipinski definition) is 4. The Morgan fingerprint density at radius 1 is 0.427 bits per heavy atom. The Morgan fingerprint density at radius 3 is 1.06 bits per heavy atom. The number of amides is 7. The number of rotatable bonds is 22. The average molecular weight is 2180 g/mol. The van der Waals surface area contributed by atoms with Crippen LogP contribution < -0.4 is 30.8 Å². The molecule has 10 atom stereocenters. The molecule has 46 heteroatoms. The van der Waals surface area contributed by atoms with Crippen molar-refractivity contribution in [1.29, 1.82) is 0 Å². The quantitative estimate of drug-likeness (QED) is 0.0212. The summed E-state index contributed by atoms with van der Waals surface area (Å²) in [5, 5.41) is 35.3. The van der Waals surface area contributed by atoms with Gasteiger partial charge in [-0.1, -0.05) is 52.3 Å². The third-order valence-electron chi connectivity index (χ3n) is 26.6. The third kappa shape index (κ3) is 34.1. The summed E-state index contributed by atoms with van der Waals surface area (Å²) in [7, 11) is 1.00. The van der Waals surface area contributed by atoms with E-state index < -0.39 is 63.7 Å². The highest BCUT2D eigenvalue weighted by Crippen LogP contribution is 2.39. The molecule has 18 rings (SSSR count). The van der Waals surface area contributed by atoms with Gasteiger partial charge >= 0.3 is 42.1 Å². The molecule has 10 saturated heterocycles. The average Bonchev–Trinajstić information content (AvgIpc) is 1.33. The van der Waals surface area contributed by atoms with Crippen LogP contribution in [-0.2, 0) is 36.7 Å². The molecule has 10 aliphatic rings. The highest BCUT2D eigenvalue weighted by Gasteiger charge is 2.49. The van der Waals surface area contributed by atoms with Gasteiger partial charge in [0.15, 0.2) is 0 Å². The monoisotopic (exact) mass is 2170 g/mol. The highest BCUT2D eigenvalue weighted by molar-refractivity contribution is 9.09. The second kappa shape index (κ2) is 55.3. The Hall–Kier alpha value is -12.7. The van der Waals surface area contributed by atoms with Crippen molar-refractivity contribution in [1.82, 2.24) is 69.9 Å². The van der Waals surface area contributed by atoms with Crippen molar-refractivity contribution in [2.45, 2.75) is 71.8 Å². The number of nitrogens with two attached hydrogens (primary N) is 1. The van der Waals surface area contributed by atoms with E-state index in [0.29, 0.717) is 170 Å². The molecule has 0 aliphatic carbocycles. The first-order valence-corrected chi connectivity index (χ1v) is 50.4. The Bertz CT molecular complexity index is 5670. The van der Waals surface area contributed by atoms with Gasteiger partial charge in [-0.25, -0.2) is 64.9 Å². The van der Waals surface area contributed by atoms with Gasteiger partial charge < -0.3 is 74.3 Å². The Labute approximate surface area is 870 Å². The minimum absolute atomic E-state index is 0.0156. The van der Waals surface area contributed by atoms with E-state index in [1.807, 2.05) is 61.7 Å². The lowest BCUT2D eigenvalue weighted by Gasteiger charge is -2.25. The third-order valence-corrected chi connectivity index (χ3v) is 26.9. The fourth-order valence-corrected chi connectivity index (χ4v) is 19.6. The minimum atomic E-state index is -4.85. The number of ether oxygens (including phenoxy) is 4. The largest absolute Gasteiger partial charge is 0.472 e. The van der Waals surface area contributed by atoms with Crippen LogP contribution in [0.1, 0.15) is 52.9 Å². The van der Waals surface area contributed by atoms with Crippen molar-refractivity contribution in [3.8, 4) is 45.3 Å². The summed E-state index contributed by atoms with van der Waals surface area (Å²) in [5.41, 5.74) is 10.4. The second-order valence-corrected chi connectivity index (χ2v) is 40.5. The number of hydrogen-bond acceptors (Lipinski definition) is 26. The molecule has 814 valence electrons. The van der Waals surface area contributed by atoms with Gasteiger partial charge in [0.25, 0.3) is 5.69 Å². The maximum atomic E-state index is 13.4. The number of carbonyl (C=O) groups is 7. The summed E-state index contributed by atoms with van der Waals surface area (Å²) in [4.78, 5) is 137. The number of nitro groups is 2. The number of alkyl halides is 9. The van der Waals surface area contributed by atoms with Gasteiger partial charge in [0.05, 0.1) is 57.8 Å². The lowest BCUT2D eigenvalue weighted by Crippen LogP contribution is -2.48. The number of nitrogens with zero attached hydrogens (tertiary/aromatic N) is 15. The number of likely N-dealkylation sites (tertiary alicyclic amines) is 8. The van der Waals surface area contributed by atoms with Crippen LogP contribution in [-0.4, -0.2) is 336 Å². The van der Waals surface area contributed by atoms with E-state index in [-0.39, 0.29) is 121 Å². The van der Waals surface area contributed by atoms with Crippen molar-refractivity contribution >= 4 is 80.9 Å². The molecule has 8 aromatic rings. The normalized spacial score (nSPS) is 21.0. The van der Waals surface area contributed by atoms with E-state index in [1.165, 1.54) is 96.0 Å². The molecule has 7 amide bonds. The number of benzene rings is 5. The molecule has 5 aromatic carbocycles. The van der Waals surface area contributed by atoms with Crippen LogP contribution in [0.15, 0.2) is 170 Å². The van der Waals surface area contributed by atoms with Gasteiger partial charge in [-0.3, -0.25) is 49.4 Å². The number of aromatic nitrogens is 3. The number of aliphatic hydroxyl groups excluding tert-OH is 1. The fourth-order valence-electron chi connectivity index (χ4n) is 19.6. The standard InChI is InChI=1S/C25H16FN3O6.C21H22F2N4O3.C21H24F2N4O.C13H23FN2O2.C11H20N2O2.C10H15F4N3O.C2H4BrF.CH4O/c26-18-13-11-17(12-14-18)21-15-16-22(29(32)33)23(27-21)28(24(30)34-19-7-3-1-4-8-19)25(31)35-20-9-5-2-6-10-20;22-7-8-25-10-15-12-26(13-16(15)11-25)21(28)9-19-20(27(29)30)6-5-18(24-19)14-1-3-17(23)4-2-14;22-7-8-26-10-15-12-27(13-16(15)11-26)21(28)9-20-18(24)5-6-19(25-20)14-1-3-17(23)4-2-14;1-13(2,3)18-12(17)16-8-10-6-15(5-4-14)7-11(10)9-16;1-11(2,3)15-10(14)13-6-8-4-12-5-9(8)7-13;11-1-2-16-3-7-5-17(6-8(7)4-16)15-9(18)10(12,13)14;3-1-2-4;1-2/h1-16H;1-6,15-16H,7-13H2;1-6,15-16H,7-13,24H2;10-11H,4-9H2,1-3H3;8-9,12H,4-7H2,1-3H3;7-8H,1-6H2,(H,15,18);1-2H2;2H,1H3. The van der Waals surface area contributed by atoms with E-state index in [0.717, 1.165) is 97.3 Å². The number of carbonyl (C=O) groups excluding carboxylic acids is 7. The molecule has 10 fully saturated rings. The van der Waals surface area contributed by atoms with E-state index in [4.69, 9.17) is 29.8 Å². The van der Waals surface area contributed by atoms with Gasteiger partial charge in [-0.15, -0.1) is 0 Å². The van der Waals surface area contributed by atoms with Gasteiger partial charge in [0.1, 0.15) is 72.5 Å². The van der Waals surface area contributed by atoms with Crippen LogP contribution in [0.25, 0.3) is 33.8 Å². The molecule has 10 aliphatic heterocycles. The second-order valence-electron chi connectivity index (χ2n) is 39.7. The van der Waals surface area contributed by atoms with Crippen molar-refractivity contribution in [2.75, 3.05) is 214 Å². The SMILES string of the molecule is CC(C)(C)OC(=O)N1CC2CN(CCF)CC2C1.CC(C)(C)OC(=O)N1CC2CNCC2C1.CO.FCCBr.Nc1ccc(-c2ccc(F)cc2)nc1CC(=O)N1CC2CN(CCF)CC2C1.O=C(Cc1nc(-c2ccc(F)cc2)ccc1[N+](=O)[O-])N1CC2CN(CCF)CC2C1.O=C(NN1CC2CN(CCF)CC2C1)C(F)(F)F.O=C(Oc1ccccc1)N(C(=O)Oc1ccccc1)c1nc(-c2ccc(F)cc2)ccc1[N+](=O)[O-]. The maximum absolute atomic E-state index is 13.4. The van der Waals surface area contributed by atoms with E-state index in [1.54, 1.807) is 82.6 Å². The Morgan fingerprint density at radius 2 is 0.733 bits per heavy atom. The number of fused-ring (bicyclic) bond motifs is 5. The van der Waals surface area contributed by atoms with Crippen LogP contribution in [0.2, 0.25) is 0 Å². The molecule has 10 unspecified atom stereocenters. The Balaban J connectivity index is 0.000000172. The van der Waals surface area contributed by atoms with Gasteiger partial charge in [-0.05, 0) is 222 Å². The number of anilines is 2. The molecule has 150 heavy (non-hydrogen) atoms. The summed E-state index contributed by atoms with van der Waals surface area (Å²) < 4.78 is 157. The number of nitrogen functional groups attached to an aromatic ring is 1. The highest BCUT2D eigenvalue weighted by atomic mass is 79.9. The predicted octanol–water partition coefficient (Wildman–Crippen LogP) is 15.3. The summed E-state index contributed by atoms with van der Waals surface area (Å²) in [6.07, 6.45) is -7.79. The smallest absolute Gasteiger partial charge is 0.444 e. The first-order chi connectivity index (χ1) is 71.5. The van der Waals surface area contributed by atoms with Crippen molar-refractivity contribution in [3.05, 3.63) is 219 Å². The van der Waals surface area contributed by atoms with Crippen LogP contribution in [0.3, 0.4) is 0 Å². The Kier molecular flexibility index (Phi) is 43.4. The molecular weight excluding hydrogens is 2050 g/mol. The fraction of sp³-hybridized carbons (Fsp3) is 0.500. The summed E-state index contributed by atoms with van der Waals surface area (Å²) in [6.45, 7) is 26.7. The van der Waals surface area contributed by atoms with Crippen LogP contribution in [0.4, 0.5) is 90.4 Å². The number of hydrazine groups is 1. The van der Waals surface area contributed by atoms with Crippen molar-refractivity contribution < 1.29 is 116 Å². The predicted molar refractivity (Wildman–Crippen MR) is 541 cm³/mol. The number of aliphatic hydroxyl groups is 1. The van der Waals surface area contributed by atoms with Crippen molar-refractivity contribution in [3.63, 3.8) is 0 Å². The molecule has 3 aromatic heterocycles. The summed E-state index contributed by atoms with van der Waals surface area (Å²) in [5.74, 6) is 0.408. The lowest BCUT2D eigenvalue weighted by molar-refractivity contribution is -0.385. The zero-order valence-corrected chi connectivity index (χ0v) is 86.0. The molecule has 0 radical (unpaired) electrons. The number of nitrogens with one attached hydrogen (secondary N) is 2. The van der Waals surface area contributed by atoms with Crippen molar-refractivity contribution in [2.24, 2.45) is 59.2 Å². The summed E-state index contributed by atoms with van der Waals surface area (Å²) in [6, 6.07) is 41.3. The molecule has 5 N–H and O–H groups in total. The van der Waals surface area contributed by atoms with E-state index >= 15 is 0 Å². The van der Waals surface area contributed by atoms with Gasteiger partial charge in [-0.2, -0.15) is 18.1 Å². The zero-order chi connectivity index (χ0) is 109. The van der Waals surface area contributed by atoms with Crippen LogP contribution in [0, 0.1) is 96.9 Å². The number of imide groups is 1. The van der Waals surface area contributed by atoms with Gasteiger partial charge in [0.2, 0.25) is 17.6 Å². The number of halogens is 12. The van der Waals surface area contributed by atoms with Crippen LogP contribution >= 0.6 is 15.9 Å². The van der Waals surface area contributed by atoms with E-state index in [2.05, 4.69) is 50.9 Å². The first-order valence-electron chi connectivity index (χ1n) is 49.3. The molecule has 13 heterocycles. The van der Waals surface area contributed by atoms with Gasteiger partial charge in [0, 0.05) is 198 Å².